The Kier molecular flexibility index (Phi) is 5.19. The highest BCUT2D eigenvalue weighted by Gasteiger charge is 2.34. The maximum Gasteiger partial charge on any atom is 0.254 e. The van der Waals surface area contributed by atoms with Gasteiger partial charge in [0.15, 0.2) is 11.5 Å². The molecule has 2 amide bonds. The second-order valence-corrected chi connectivity index (χ2v) is 7.36. The Morgan fingerprint density at radius 3 is 2.82 bits per heavy atom. The summed E-state index contributed by atoms with van der Waals surface area (Å²) >= 11 is 11.9. The zero-order valence-corrected chi connectivity index (χ0v) is 16.3. The smallest absolute Gasteiger partial charge is 0.254 e. The van der Waals surface area contributed by atoms with E-state index in [1.807, 2.05) is 28.8 Å². The van der Waals surface area contributed by atoms with Crippen LogP contribution in [0.5, 0.6) is 0 Å². The molecule has 28 heavy (non-hydrogen) atoms. The molecule has 3 heterocycles. The Labute approximate surface area is 171 Å². The van der Waals surface area contributed by atoms with E-state index in [0.29, 0.717) is 40.0 Å². The predicted molar refractivity (Wildman–Crippen MR) is 105 cm³/mol. The number of likely N-dealkylation sites (tertiary alicyclic amines) is 1. The monoisotopic (exact) mass is 417 g/mol. The van der Waals surface area contributed by atoms with E-state index in [9.17, 15) is 9.59 Å². The lowest BCUT2D eigenvalue weighted by atomic mass is 10.1. The molecule has 3 aromatic rings. The Balaban J connectivity index is 1.46. The molecule has 1 N–H and O–H groups in total. The van der Waals surface area contributed by atoms with Gasteiger partial charge < -0.3 is 10.2 Å². The van der Waals surface area contributed by atoms with Crippen LogP contribution in [-0.4, -0.2) is 43.9 Å². The van der Waals surface area contributed by atoms with Crippen molar-refractivity contribution >= 4 is 40.7 Å². The fourth-order valence-corrected chi connectivity index (χ4v) is 3.67. The van der Waals surface area contributed by atoms with Gasteiger partial charge in [-0.3, -0.25) is 14.0 Å². The van der Waals surface area contributed by atoms with Gasteiger partial charge in [0.2, 0.25) is 5.91 Å². The lowest BCUT2D eigenvalue weighted by Crippen LogP contribution is -2.45. The predicted octanol–water partition coefficient (Wildman–Crippen LogP) is 2.96. The van der Waals surface area contributed by atoms with E-state index in [-0.39, 0.29) is 18.4 Å². The molecule has 1 aromatic carbocycles. The minimum atomic E-state index is -0.527. The molecule has 0 bridgehead atoms. The summed E-state index contributed by atoms with van der Waals surface area (Å²) in [6.07, 6.45) is 3.21. The zero-order valence-electron chi connectivity index (χ0n) is 14.8. The molecule has 0 spiro atoms. The van der Waals surface area contributed by atoms with Crippen molar-refractivity contribution in [1.82, 2.24) is 24.8 Å². The van der Waals surface area contributed by atoms with Crippen molar-refractivity contribution in [2.24, 2.45) is 0 Å². The van der Waals surface area contributed by atoms with Crippen LogP contribution in [0.25, 0.3) is 5.65 Å². The summed E-state index contributed by atoms with van der Waals surface area (Å²) in [6.45, 7) is 0.750. The maximum atomic E-state index is 12.9. The largest absolute Gasteiger partial charge is 0.347 e. The van der Waals surface area contributed by atoms with E-state index in [2.05, 4.69) is 15.5 Å². The molecule has 1 unspecified atom stereocenters. The Morgan fingerprint density at radius 2 is 2.00 bits per heavy atom. The molecule has 1 atom stereocenters. The lowest BCUT2D eigenvalue weighted by molar-refractivity contribution is -0.125. The van der Waals surface area contributed by atoms with Crippen molar-refractivity contribution in [3.05, 3.63) is 64.0 Å². The van der Waals surface area contributed by atoms with Gasteiger partial charge in [0.1, 0.15) is 6.04 Å². The van der Waals surface area contributed by atoms with Gasteiger partial charge in [0.05, 0.1) is 16.6 Å². The number of nitrogens with one attached hydrogen (secondary N) is 1. The van der Waals surface area contributed by atoms with E-state index in [0.717, 1.165) is 6.42 Å². The van der Waals surface area contributed by atoms with Crippen LogP contribution in [0.1, 0.15) is 29.0 Å². The van der Waals surface area contributed by atoms with E-state index in [1.54, 1.807) is 17.0 Å². The first-order valence-corrected chi connectivity index (χ1v) is 9.62. The molecule has 1 aliphatic heterocycles. The molecule has 1 aliphatic rings. The molecular formula is C19H17Cl2N5O2. The van der Waals surface area contributed by atoms with E-state index < -0.39 is 6.04 Å². The molecule has 144 valence electrons. The van der Waals surface area contributed by atoms with E-state index in [1.165, 1.54) is 6.07 Å². The van der Waals surface area contributed by atoms with E-state index >= 15 is 0 Å². The second kappa shape index (κ2) is 7.77. The number of fused-ring (bicyclic) bond motifs is 1. The van der Waals surface area contributed by atoms with Crippen LogP contribution in [0.4, 0.5) is 0 Å². The Bertz CT molecular complexity index is 1050. The van der Waals surface area contributed by atoms with E-state index in [4.69, 9.17) is 23.2 Å². The molecule has 0 radical (unpaired) electrons. The summed E-state index contributed by atoms with van der Waals surface area (Å²) in [6, 6.07) is 9.79. The van der Waals surface area contributed by atoms with Crippen molar-refractivity contribution < 1.29 is 9.59 Å². The first-order valence-electron chi connectivity index (χ1n) is 8.87. The molecule has 9 heteroatoms. The van der Waals surface area contributed by atoms with Crippen LogP contribution >= 0.6 is 23.2 Å². The zero-order chi connectivity index (χ0) is 19.7. The molecule has 1 saturated heterocycles. The van der Waals surface area contributed by atoms with Crippen LogP contribution in [-0.2, 0) is 11.3 Å². The number of nitrogens with zero attached hydrogens (tertiary/aromatic N) is 4. The average Bonchev–Trinajstić information content (AvgIpc) is 3.35. The topological polar surface area (TPSA) is 79.6 Å². The molecule has 4 rings (SSSR count). The van der Waals surface area contributed by atoms with Gasteiger partial charge in [-0.2, -0.15) is 0 Å². The standard InChI is InChI=1S/C19H17Cl2N5O2/c20-13-7-6-12(10-14(13)21)19(28)25-9-3-4-15(25)18(27)22-11-17-24-23-16-5-1-2-8-26(16)17/h1-2,5-8,10,15H,3-4,9,11H2,(H,22,27). The first kappa shape index (κ1) is 18.7. The third-order valence-corrected chi connectivity index (χ3v) is 5.53. The quantitative estimate of drug-likeness (QED) is 0.707. The normalized spacial score (nSPS) is 16.5. The summed E-state index contributed by atoms with van der Waals surface area (Å²) in [7, 11) is 0. The number of halogens is 2. The summed E-state index contributed by atoms with van der Waals surface area (Å²) < 4.78 is 1.81. The van der Waals surface area contributed by atoms with Crippen molar-refractivity contribution in [1.29, 1.82) is 0 Å². The Hall–Kier alpha value is -2.64. The first-order chi connectivity index (χ1) is 13.5. The third kappa shape index (κ3) is 3.55. The summed E-state index contributed by atoms with van der Waals surface area (Å²) in [4.78, 5) is 27.2. The van der Waals surface area contributed by atoms with Gasteiger partial charge in [-0.05, 0) is 43.2 Å². The second-order valence-electron chi connectivity index (χ2n) is 6.55. The SMILES string of the molecule is O=C(NCc1nnc2ccccn12)C1CCCN1C(=O)c1ccc(Cl)c(Cl)c1. The number of benzene rings is 1. The molecule has 2 aromatic heterocycles. The highest BCUT2D eigenvalue weighted by Crippen LogP contribution is 2.26. The fraction of sp³-hybridized carbons (Fsp3) is 0.263. The average molecular weight is 418 g/mol. The Morgan fingerprint density at radius 1 is 1.14 bits per heavy atom. The van der Waals surface area contributed by atoms with Crippen LogP contribution < -0.4 is 5.32 Å². The van der Waals surface area contributed by atoms with Gasteiger partial charge in [-0.1, -0.05) is 29.3 Å². The summed E-state index contributed by atoms with van der Waals surface area (Å²) in [5.74, 6) is 0.187. The molecule has 7 nitrogen and oxygen atoms in total. The molecule has 1 fully saturated rings. The van der Waals surface area contributed by atoms with Gasteiger partial charge in [0, 0.05) is 18.3 Å². The lowest BCUT2D eigenvalue weighted by Gasteiger charge is -2.24. The highest BCUT2D eigenvalue weighted by atomic mass is 35.5. The number of aromatic nitrogens is 3. The van der Waals surface area contributed by atoms with Crippen LogP contribution in [0, 0.1) is 0 Å². The molecule has 0 aliphatic carbocycles. The van der Waals surface area contributed by atoms with Crippen molar-refractivity contribution in [2.45, 2.75) is 25.4 Å². The molecule has 0 saturated carbocycles. The number of hydrogen-bond acceptors (Lipinski definition) is 4. The summed E-state index contributed by atoms with van der Waals surface area (Å²) in [5.41, 5.74) is 1.13. The van der Waals surface area contributed by atoms with Crippen LogP contribution in [0.15, 0.2) is 42.6 Å². The van der Waals surface area contributed by atoms with Crippen molar-refractivity contribution in [2.75, 3.05) is 6.54 Å². The summed E-state index contributed by atoms with van der Waals surface area (Å²) in [5, 5.41) is 11.7. The number of pyridine rings is 1. The van der Waals surface area contributed by atoms with Crippen molar-refractivity contribution in [3.63, 3.8) is 0 Å². The minimum absolute atomic E-state index is 0.210. The minimum Gasteiger partial charge on any atom is -0.347 e. The fourth-order valence-electron chi connectivity index (χ4n) is 3.37. The number of rotatable bonds is 4. The van der Waals surface area contributed by atoms with Crippen LogP contribution in [0.3, 0.4) is 0 Å². The van der Waals surface area contributed by atoms with Gasteiger partial charge in [0.25, 0.3) is 5.91 Å². The number of carbonyl (C=O) groups is 2. The third-order valence-electron chi connectivity index (χ3n) is 4.79. The highest BCUT2D eigenvalue weighted by molar-refractivity contribution is 6.42. The van der Waals surface area contributed by atoms with Gasteiger partial charge >= 0.3 is 0 Å². The number of amides is 2. The number of hydrogen-bond donors (Lipinski definition) is 1. The molecular weight excluding hydrogens is 401 g/mol. The van der Waals surface area contributed by atoms with Crippen LogP contribution in [0.2, 0.25) is 10.0 Å². The van der Waals surface area contributed by atoms with Gasteiger partial charge in [-0.25, -0.2) is 0 Å². The van der Waals surface area contributed by atoms with Gasteiger partial charge in [-0.15, -0.1) is 10.2 Å². The maximum absolute atomic E-state index is 12.9. The van der Waals surface area contributed by atoms with Crippen molar-refractivity contribution in [3.8, 4) is 0 Å². The number of carbonyl (C=O) groups excluding carboxylic acids is 2.